The van der Waals surface area contributed by atoms with Crippen molar-refractivity contribution >= 4 is 5.97 Å². The van der Waals surface area contributed by atoms with Gasteiger partial charge < -0.3 is 14.2 Å². The first-order valence-electron chi connectivity index (χ1n) is 4.30. The van der Waals surface area contributed by atoms with Crippen LogP contribution < -0.4 is 0 Å². The van der Waals surface area contributed by atoms with Crippen molar-refractivity contribution < 1.29 is 19.0 Å². The van der Waals surface area contributed by atoms with Crippen LogP contribution >= 0.6 is 0 Å². The van der Waals surface area contributed by atoms with Crippen LogP contribution in [0.15, 0.2) is 12.2 Å². The van der Waals surface area contributed by atoms with E-state index in [9.17, 15) is 4.79 Å². The van der Waals surface area contributed by atoms with Crippen molar-refractivity contribution in [3.8, 4) is 0 Å². The molecule has 0 N–H and O–H groups in total. The molecule has 0 radical (unpaired) electrons. The van der Waals surface area contributed by atoms with Gasteiger partial charge in [-0.1, -0.05) is 12.2 Å². The van der Waals surface area contributed by atoms with E-state index in [-0.39, 0.29) is 30.9 Å². The predicted molar refractivity (Wildman–Crippen MR) is 43.9 cm³/mol. The Balaban J connectivity index is 1.88. The summed E-state index contributed by atoms with van der Waals surface area (Å²) in [6.07, 6.45) is 4.70. The molecule has 4 nitrogen and oxygen atoms in total. The summed E-state index contributed by atoms with van der Waals surface area (Å²) in [6.45, 7) is 0.0242. The van der Waals surface area contributed by atoms with Gasteiger partial charge in [-0.25, -0.2) is 0 Å². The number of hydrogen-bond donors (Lipinski definition) is 0. The second kappa shape index (κ2) is 3.47. The maximum atomic E-state index is 11.4. The molecule has 2 aliphatic rings. The summed E-state index contributed by atoms with van der Waals surface area (Å²) in [7, 11) is 1.49. The molecule has 2 heterocycles. The molecule has 0 aromatic carbocycles. The minimum atomic E-state index is -0.223. The van der Waals surface area contributed by atoms with E-state index in [1.54, 1.807) is 0 Å². The van der Waals surface area contributed by atoms with Gasteiger partial charge in [-0.2, -0.15) is 0 Å². The highest BCUT2D eigenvalue weighted by Crippen LogP contribution is 2.34. The van der Waals surface area contributed by atoms with E-state index >= 15 is 0 Å². The minimum absolute atomic E-state index is 0.0242. The average molecular weight is 184 g/mol. The molecule has 2 aliphatic heterocycles. The number of ether oxygens (including phenoxy) is 3. The highest BCUT2D eigenvalue weighted by atomic mass is 16.7. The number of carbonyl (C=O) groups is 1. The van der Waals surface area contributed by atoms with Crippen molar-refractivity contribution in [3.63, 3.8) is 0 Å². The zero-order valence-corrected chi connectivity index (χ0v) is 7.43. The van der Waals surface area contributed by atoms with Crippen LogP contribution in [-0.2, 0) is 19.0 Å². The molecular formula is C9H12O4. The number of rotatable bonds is 3. The first-order chi connectivity index (χ1) is 6.31. The fourth-order valence-corrected chi connectivity index (χ4v) is 1.73. The SMILES string of the molecule is COCOC(=O)C1CC2C=CC1O2. The number of methoxy groups -OCH3 is 1. The Morgan fingerprint density at radius 1 is 1.62 bits per heavy atom. The Hall–Kier alpha value is -0.870. The standard InChI is InChI=1S/C9H12O4/c1-11-5-12-9(10)7-4-6-2-3-8(7)13-6/h2-3,6-8H,4-5H2,1H3. The van der Waals surface area contributed by atoms with Gasteiger partial charge in [0.25, 0.3) is 0 Å². The van der Waals surface area contributed by atoms with Crippen LogP contribution in [0.1, 0.15) is 6.42 Å². The van der Waals surface area contributed by atoms with Crippen LogP contribution in [0.3, 0.4) is 0 Å². The lowest BCUT2D eigenvalue weighted by atomic mass is 9.95. The fourth-order valence-electron chi connectivity index (χ4n) is 1.73. The Morgan fingerprint density at radius 3 is 3.00 bits per heavy atom. The third kappa shape index (κ3) is 1.59. The summed E-state index contributed by atoms with van der Waals surface area (Å²) in [5, 5.41) is 0. The van der Waals surface area contributed by atoms with E-state index in [0.717, 1.165) is 6.42 Å². The van der Waals surface area contributed by atoms with Gasteiger partial charge in [0.15, 0.2) is 6.79 Å². The van der Waals surface area contributed by atoms with Crippen LogP contribution in [-0.4, -0.2) is 32.1 Å². The smallest absolute Gasteiger partial charge is 0.314 e. The lowest BCUT2D eigenvalue weighted by Gasteiger charge is -2.13. The van der Waals surface area contributed by atoms with Gasteiger partial charge in [0, 0.05) is 7.11 Å². The van der Waals surface area contributed by atoms with Crippen molar-refractivity contribution in [2.75, 3.05) is 13.9 Å². The van der Waals surface area contributed by atoms with E-state index in [1.807, 2.05) is 12.2 Å². The monoisotopic (exact) mass is 184 g/mol. The summed E-state index contributed by atoms with van der Waals surface area (Å²) >= 11 is 0. The van der Waals surface area contributed by atoms with E-state index < -0.39 is 0 Å². The van der Waals surface area contributed by atoms with E-state index in [4.69, 9.17) is 9.47 Å². The summed E-state index contributed by atoms with van der Waals surface area (Å²) in [5.41, 5.74) is 0. The summed E-state index contributed by atoms with van der Waals surface area (Å²) in [6, 6.07) is 0. The Kier molecular flexibility index (Phi) is 2.33. The molecule has 0 spiro atoms. The summed E-state index contributed by atoms with van der Waals surface area (Å²) < 4.78 is 14.9. The van der Waals surface area contributed by atoms with Crippen LogP contribution in [0.4, 0.5) is 0 Å². The molecule has 2 rings (SSSR count). The van der Waals surface area contributed by atoms with Crippen molar-refractivity contribution in [1.29, 1.82) is 0 Å². The molecule has 1 fully saturated rings. The molecule has 3 unspecified atom stereocenters. The van der Waals surface area contributed by atoms with Crippen LogP contribution in [0.25, 0.3) is 0 Å². The Morgan fingerprint density at radius 2 is 2.46 bits per heavy atom. The number of fused-ring (bicyclic) bond motifs is 2. The van der Waals surface area contributed by atoms with Gasteiger partial charge in [-0.15, -0.1) is 0 Å². The Bertz CT molecular complexity index is 236. The summed E-state index contributed by atoms with van der Waals surface area (Å²) in [5.74, 6) is -0.358. The first kappa shape index (κ1) is 8.72. The van der Waals surface area contributed by atoms with Gasteiger partial charge in [0.2, 0.25) is 0 Å². The molecule has 4 heteroatoms. The van der Waals surface area contributed by atoms with E-state index in [1.165, 1.54) is 7.11 Å². The third-order valence-corrected chi connectivity index (χ3v) is 2.35. The minimum Gasteiger partial charge on any atom is -0.438 e. The molecule has 3 atom stereocenters. The molecule has 0 aromatic rings. The molecular weight excluding hydrogens is 172 g/mol. The normalized spacial score (nSPS) is 35.3. The molecule has 72 valence electrons. The highest BCUT2D eigenvalue weighted by Gasteiger charge is 2.41. The van der Waals surface area contributed by atoms with Crippen molar-refractivity contribution in [2.24, 2.45) is 5.92 Å². The first-order valence-corrected chi connectivity index (χ1v) is 4.30. The van der Waals surface area contributed by atoms with Gasteiger partial charge in [0.05, 0.1) is 18.1 Å². The van der Waals surface area contributed by atoms with E-state index in [0.29, 0.717) is 0 Å². The fraction of sp³-hybridized carbons (Fsp3) is 0.667. The largest absolute Gasteiger partial charge is 0.438 e. The zero-order valence-electron chi connectivity index (χ0n) is 7.43. The van der Waals surface area contributed by atoms with Gasteiger partial charge in [0.1, 0.15) is 0 Å². The molecule has 0 saturated carbocycles. The quantitative estimate of drug-likeness (QED) is 0.363. The number of hydrogen-bond acceptors (Lipinski definition) is 4. The lowest BCUT2D eigenvalue weighted by Crippen LogP contribution is -2.25. The molecule has 13 heavy (non-hydrogen) atoms. The van der Waals surface area contributed by atoms with Crippen LogP contribution in [0, 0.1) is 5.92 Å². The highest BCUT2D eigenvalue weighted by molar-refractivity contribution is 5.74. The Labute approximate surface area is 76.5 Å². The maximum Gasteiger partial charge on any atom is 0.314 e. The van der Waals surface area contributed by atoms with Crippen molar-refractivity contribution in [1.82, 2.24) is 0 Å². The average Bonchev–Trinajstić information content (AvgIpc) is 2.74. The second-order valence-electron chi connectivity index (χ2n) is 3.24. The number of carbonyl (C=O) groups excluding carboxylic acids is 1. The topological polar surface area (TPSA) is 44.8 Å². The van der Waals surface area contributed by atoms with E-state index in [2.05, 4.69) is 4.74 Å². The lowest BCUT2D eigenvalue weighted by molar-refractivity contribution is -0.160. The van der Waals surface area contributed by atoms with Crippen LogP contribution in [0.5, 0.6) is 0 Å². The van der Waals surface area contributed by atoms with Crippen molar-refractivity contribution in [2.45, 2.75) is 18.6 Å². The summed E-state index contributed by atoms with van der Waals surface area (Å²) in [4.78, 5) is 11.4. The molecule has 0 amide bonds. The molecule has 0 aliphatic carbocycles. The van der Waals surface area contributed by atoms with Crippen LogP contribution in [0.2, 0.25) is 0 Å². The molecule has 1 saturated heterocycles. The van der Waals surface area contributed by atoms with Crippen molar-refractivity contribution in [3.05, 3.63) is 12.2 Å². The number of esters is 1. The third-order valence-electron chi connectivity index (χ3n) is 2.35. The van der Waals surface area contributed by atoms with Gasteiger partial charge >= 0.3 is 5.97 Å². The molecule has 0 aromatic heterocycles. The van der Waals surface area contributed by atoms with Gasteiger partial charge in [-0.3, -0.25) is 4.79 Å². The second-order valence-corrected chi connectivity index (χ2v) is 3.24. The van der Waals surface area contributed by atoms with Gasteiger partial charge in [-0.05, 0) is 6.42 Å². The zero-order chi connectivity index (χ0) is 9.26. The predicted octanol–water partition coefficient (Wildman–Crippen LogP) is 0.477. The maximum absolute atomic E-state index is 11.4. The molecule has 2 bridgehead atoms.